The predicted molar refractivity (Wildman–Crippen MR) is 88.1 cm³/mol. The van der Waals surface area contributed by atoms with E-state index in [0.717, 1.165) is 14.8 Å². The maximum atomic E-state index is 12.3. The molecule has 0 spiro atoms. The fourth-order valence-electron chi connectivity index (χ4n) is 1.97. The number of aryl methyl sites for hydroxylation is 1. The number of hydrogen-bond acceptors (Lipinski definition) is 4. The Bertz CT molecular complexity index is 599. The number of thiophene rings is 1. The van der Waals surface area contributed by atoms with Crippen LogP contribution >= 0.6 is 35.3 Å². The van der Waals surface area contributed by atoms with Gasteiger partial charge in [-0.15, -0.1) is 23.7 Å². The topological polar surface area (TPSA) is 59.0 Å². The third-order valence-electron chi connectivity index (χ3n) is 2.99. The number of nitrogens with one attached hydrogen (secondary N) is 2. The molecule has 5 nitrogen and oxygen atoms in total. The summed E-state index contributed by atoms with van der Waals surface area (Å²) < 4.78 is 2.40. The van der Waals surface area contributed by atoms with Crippen LogP contribution in [0.3, 0.4) is 0 Å². The molecule has 2 aromatic rings. The summed E-state index contributed by atoms with van der Waals surface area (Å²) in [4.78, 5) is 13.4. The molecule has 0 fully saturated rings. The van der Waals surface area contributed by atoms with Crippen LogP contribution in [0.1, 0.15) is 29.4 Å². The van der Waals surface area contributed by atoms with Gasteiger partial charge >= 0.3 is 0 Å². The van der Waals surface area contributed by atoms with Gasteiger partial charge in [0.1, 0.15) is 6.04 Å². The summed E-state index contributed by atoms with van der Waals surface area (Å²) in [5.41, 5.74) is 0.837. The van der Waals surface area contributed by atoms with Crippen molar-refractivity contribution in [3.8, 4) is 0 Å². The Morgan fingerprint density at radius 1 is 1.48 bits per heavy atom. The first-order valence-corrected chi connectivity index (χ1v) is 7.42. The van der Waals surface area contributed by atoms with Crippen LogP contribution in [-0.2, 0) is 11.8 Å². The van der Waals surface area contributed by atoms with Gasteiger partial charge in [-0.05, 0) is 26.1 Å². The highest BCUT2D eigenvalue weighted by atomic mass is 35.5. The molecular formula is C13H18Cl2N4OS. The van der Waals surface area contributed by atoms with Crippen molar-refractivity contribution >= 4 is 41.3 Å². The van der Waals surface area contributed by atoms with Crippen LogP contribution < -0.4 is 10.6 Å². The maximum absolute atomic E-state index is 12.3. The van der Waals surface area contributed by atoms with E-state index in [0.29, 0.717) is 0 Å². The minimum atomic E-state index is -0.415. The van der Waals surface area contributed by atoms with Gasteiger partial charge in [0.2, 0.25) is 5.91 Å². The highest BCUT2D eigenvalue weighted by Crippen LogP contribution is 2.27. The van der Waals surface area contributed by atoms with Crippen molar-refractivity contribution in [2.45, 2.75) is 19.0 Å². The van der Waals surface area contributed by atoms with E-state index in [-0.39, 0.29) is 24.4 Å². The van der Waals surface area contributed by atoms with Crippen molar-refractivity contribution in [1.82, 2.24) is 20.4 Å². The van der Waals surface area contributed by atoms with E-state index in [4.69, 9.17) is 11.6 Å². The van der Waals surface area contributed by atoms with Gasteiger partial charge < -0.3 is 10.6 Å². The molecule has 0 saturated carbocycles. The molecule has 2 N–H and O–H groups in total. The summed E-state index contributed by atoms with van der Waals surface area (Å²) in [5, 5.41) is 10.1. The molecule has 2 aromatic heterocycles. The van der Waals surface area contributed by atoms with E-state index < -0.39 is 6.04 Å². The molecule has 1 amide bonds. The number of aromatic nitrogens is 2. The lowest BCUT2D eigenvalue weighted by molar-refractivity contribution is -0.123. The number of nitrogens with zero attached hydrogens (tertiary/aromatic N) is 2. The molecule has 0 aromatic carbocycles. The summed E-state index contributed by atoms with van der Waals surface area (Å²) in [6, 6.07) is 3.27. The number of carbonyl (C=O) groups is 1. The zero-order valence-corrected chi connectivity index (χ0v) is 14.4. The Hall–Kier alpha value is -1.08. The second-order valence-electron chi connectivity index (χ2n) is 4.54. The quantitative estimate of drug-likeness (QED) is 0.873. The maximum Gasteiger partial charge on any atom is 0.242 e. The van der Waals surface area contributed by atoms with Crippen LogP contribution in [-0.4, -0.2) is 22.7 Å². The third kappa shape index (κ3) is 4.44. The van der Waals surface area contributed by atoms with Crippen molar-refractivity contribution in [1.29, 1.82) is 0 Å². The van der Waals surface area contributed by atoms with Gasteiger partial charge in [-0.25, -0.2) is 0 Å². The minimum absolute atomic E-state index is 0. The Kier molecular flexibility index (Phi) is 6.67. The van der Waals surface area contributed by atoms with Crippen LogP contribution in [0, 0.1) is 0 Å². The standard InChI is InChI=1S/C13H17ClN4OS.ClH/c1-8(10-4-5-11(14)20-10)17-13(19)12(15-2)9-6-16-18(3)7-9;/h4-8,12,15H,1-3H3,(H,17,19);1H. The van der Waals surface area contributed by atoms with E-state index in [1.54, 1.807) is 17.9 Å². The molecule has 0 radical (unpaired) electrons. The molecule has 0 saturated heterocycles. The summed E-state index contributed by atoms with van der Waals surface area (Å²) in [7, 11) is 3.58. The molecule has 2 atom stereocenters. The number of likely N-dealkylation sites (N-methyl/N-ethyl adjacent to an activating group) is 1. The van der Waals surface area contributed by atoms with Gasteiger partial charge in [-0.2, -0.15) is 5.10 Å². The molecule has 0 aliphatic carbocycles. The zero-order valence-electron chi connectivity index (χ0n) is 12.0. The van der Waals surface area contributed by atoms with Crippen LogP contribution in [0.2, 0.25) is 4.34 Å². The van der Waals surface area contributed by atoms with Gasteiger partial charge in [0.05, 0.1) is 16.6 Å². The lowest BCUT2D eigenvalue weighted by Crippen LogP contribution is -2.37. The monoisotopic (exact) mass is 348 g/mol. The lowest BCUT2D eigenvalue weighted by Gasteiger charge is -2.18. The predicted octanol–water partition coefficient (Wildman–Crippen LogP) is 2.69. The molecule has 2 rings (SSSR count). The highest BCUT2D eigenvalue weighted by Gasteiger charge is 2.22. The van der Waals surface area contributed by atoms with Gasteiger partial charge in [0, 0.05) is 23.7 Å². The first-order chi connectivity index (χ1) is 9.51. The Labute approximate surface area is 139 Å². The molecule has 21 heavy (non-hydrogen) atoms. The Balaban J connectivity index is 0.00000220. The Morgan fingerprint density at radius 3 is 2.67 bits per heavy atom. The average molecular weight is 349 g/mol. The molecule has 116 valence electrons. The van der Waals surface area contributed by atoms with E-state index in [2.05, 4.69) is 15.7 Å². The normalized spacial score (nSPS) is 13.3. The van der Waals surface area contributed by atoms with Crippen LogP contribution in [0.4, 0.5) is 0 Å². The van der Waals surface area contributed by atoms with Gasteiger partial charge in [0.15, 0.2) is 0 Å². The molecule has 0 aliphatic rings. The second kappa shape index (κ2) is 7.79. The molecule has 2 unspecified atom stereocenters. The van der Waals surface area contributed by atoms with Crippen LogP contribution in [0.5, 0.6) is 0 Å². The minimum Gasteiger partial charge on any atom is -0.347 e. The fraction of sp³-hybridized carbons (Fsp3) is 0.385. The average Bonchev–Trinajstić information content (AvgIpc) is 2.99. The van der Waals surface area contributed by atoms with E-state index in [1.165, 1.54) is 11.3 Å². The van der Waals surface area contributed by atoms with Crippen molar-refractivity contribution in [2.75, 3.05) is 7.05 Å². The largest absolute Gasteiger partial charge is 0.347 e. The summed E-state index contributed by atoms with van der Waals surface area (Å²) >= 11 is 7.38. The number of halogens is 2. The van der Waals surface area contributed by atoms with Crippen molar-refractivity contribution in [2.24, 2.45) is 7.05 Å². The van der Waals surface area contributed by atoms with Gasteiger partial charge in [-0.3, -0.25) is 9.48 Å². The van der Waals surface area contributed by atoms with Crippen LogP contribution in [0.15, 0.2) is 24.5 Å². The van der Waals surface area contributed by atoms with Crippen molar-refractivity contribution < 1.29 is 4.79 Å². The van der Waals surface area contributed by atoms with Crippen LogP contribution in [0.25, 0.3) is 0 Å². The smallest absolute Gasteiger partial charge is 0.242 e. The second-order valence-corrected chi connectivity index (χ2v) is 6.29. The summed E-state index contributed by atoms with van der Waals surface area (Å²) in [5.74, 6) is -0.0856. The van der Waals surface area contributed by atoms with E-state index in [9.17, 15) is 4.79 Å². The lowest BCUT2D eigenvalue weighted by atomic mass is 10.1. The van der Waals surface area contributed by atoms with Gasteiger partial charge in [0.25, 0.3) is 0 Å². The number of rotatable bonds is 5. The van der Waals surface area contributed by atoms with E-state index >= 15 is 0 Å². The zero-order chi connectivity index (χ0) is 14.7. The number of carbonyl (C=O) groups excluding carboxylic acids is 1. The molecule has 0 aliphatic heterocycles. The summed E-state index contributed by atoms with van der Waals surface area (Å²) in [6.45, 7) is 1.94. The SMILES string of the molecule is CNC(C(=O)NC(C)c1ccc(Cl)s1)c1cnn(C)c1.Cl. The molecule has 2 heterocycles. The molecular weight excluding hydrogens is 331 g/mol. The Morgan fingerprint density at radius 2 is 2.19 bits per heavy atom. The van der Waals surface area contributed by atoms with Crippen molar-refractivity contribution in [3.05, 3.63) is 39.3 Å². The first kappa shape index (κ1) is 18.0. The van der Waals surface area contributed by atoms with Crippen molar-refractivity contribution in [3.63, 3.8) is 0 Å². The van der Waals surface area contributed by atoms with E-state index in [1.807, 2.05) is 32.3 Å². The number of hydrogen-bond donors (Lipinski definition) is 2. The number of amides is 1. The first-order valence-electron chi connectivity index (χ1n) is 6.22. The van der Waals surface area contributed by atoms with Gasteiger partial charge in [-0.1, -0.05) is 11.6 Å². The summed E-state index contributed by atoms with van der Waals surface area (Å²) in [6.07, 6.45) is 3.51. The third-order valence-corrected chi connectivity index (χ3v) is 4.40. The fourth-order valence-corrected chi connectivity index (χ4v) is 3.03. The molecule has 0 bridgehead atoms. The highest BCUT2D eigenvalue weighted by molar-refractivity contribution is 7.16. The molecule has 8 heteroatoms.